The van der Waals surface area contributed by atoms with Crippen molar-refractivity contribution in [2.24, 2.45) is 0 Å². The zero-order valence-corrected chi connectivity index (χ0v) is 11.9. The van der Waals surface area contributed by atoms with Crippen LogP contribution in [0.25, 0.3) is 0 Å². The van der Waals surface area contributed by atoms with Gasteiger partial charge < -0.3 is 10.6 Å². The van der Waals surface area contributed by atoms with Crippen LogP contribution in [0.5, 0.6) is 0 Å². The molecule has 0 saturated heterocycles. The van der Waals surface area contributed by atoms with Crippen LogP contribution in [-0.4, -0.2) is 22.4 Å². The van der Waals surface area contributed by atoms with Crippen molar-refractivity contribution in [3.63, 3.8) is 0 Å². The third-order valence-electron chi connectivity index (χ3n) is 2.71. The molecule has 0 aliphatic carbocycles. The minimum Gasteiger partial charge on any atom is -0.385 e. The number of anilines is 2. The van der Waals surface area contributed by atoms with E-state index in [0.717, 1.165) is 23.5 Å². The van der Waals surface area contributed by atoms with Crippen molar-refractivity contribution in [2.45, 2.75) is 20.8 Å². The summed E-state index contributed by atoms with van der Waals surface area (Å²) in [6, 6.07) is 7.34. The average Bonchev–Trinajstić information content (AvgIpc) is 2.38. The van der Waals surface area contributed by atoms with E-state index < -0.39 is 0 Å². The Hall–Kier alpha value is -2.43. The molecule has 2 rings (SSSR count). The fourth-order valence-electron chi connectivity index (χ4n) is 1.95. The van der Waals surface area contributed by atoms with E-state index in [2.05, 4.69) is 20.6 Å². The monoisotopic (exact) mass is 270 g/mol. The normalized spacial score (nSPS) is 10.2. The second-order valence-corrected chi connectivity index (χ2v) is 4.59. The van der Waals surface area contributed by atoms with E-state index in [4.69, 9.17) is 0 Å². The maximum atomic E-state index is 12.2. The number of hydrogen-bond acceptors (Lipinski definition) is 4. The molecular weight excluding hydrogens is 252 g/mol. The summed E-state index contributed by atoms with van der Waals surface area (Å²) in [6.07, 6.45) is 1.61. The van der Waals surface area contributed by atoms with Crippen molar-refractivity contribution in [1.82, 2.24) is 9.97 Å². The summed E-state index contributed by atoms with van der Waals surface area (Å²) in [6.45, 7) is 6.66. The summed E-state index contributed by atoms with van der Waals surface area (Å²) in [5.74, 6) is 0.283. The van der Waals surface area contributed by atoms with E-state index >= 15 is 0 Å². The lowest BCUT2D eigenvalue weighted by molar-refractivity contribution is 0.102. The van der Waals surface area contributed by atoms with Crippen LogP contribution in [-0.2, 0) is 0 Å². The summed E-state index contributed by atoms with van der Waals surface area (Å²) in [7, 11) is 0. The fourth-order valence-corrected chi connectivity index (χ4v) is 1.95. The van der Waals surface area contributed by atoms with Gasteiger partial charge in [-0.05, 0) is 50.6 Å². The quantitative estimate of drug-likeness (QED) is 0.896. The summed E-state index contributed by atoms with van der Waals surface area (Å²) in [4.78, 5) is 20.5. The number of hydrogen-bond donors (Lipinski definition) is 2. The molecule has 2 aromatic heterocycles. The first-order valence-corrected chi connectivity index (χ1v) is 6.55. The summed E-state index contributed by atoms with van der Waals surface area (Å²) >= 11 is 0. The number of carbonyl (C=O) groups excluding carboxylic acids is 1. The molecule has 0 aliphatic heterocycles. The molecule has 2 N–H and O–H groups in total. The van der Waals surface area contributed by atoms with Crippen LogP contribution in [0, 0.1) is 13.8 Å². The van der Waals surface area contributed by atoms with Gasteiger partial charge in [-0.15, -0.1) is 0 Å². The summed E-state index contributed by atoms with van der Waals surface area (Å²) < 4.78 is 0. The molecule has 0 atom stereocenters. The maximum Gasteiger partial charge on any atom is 0.275 e. The zero-order valence-electron chi connectivity index (χ0n) is 11.9. The van der Waals surface area contributed by atoms with Gasteiger partial charge in [0.05, 0.1) is 0 Å². The number of aromatic nitrogens is 2. The molecule has 20 heavy (non-hydrogen) atoms. The predicted octanol–water partition coefficient (Wildman–Crippen LogP) is 2.78. The Morgan fingerprint density at radius 3 is 2.75 bits per heavy atom. The van der Waals surface area contributed by atoms with Crippen LogP contribution in [0.15, 0.2) is 30.5 Å². The molecule has 0 aliphatic rings. The Morgan fingerprint density at radius 1 is 1.25 bits per heavy atom. The van der Waals surface area contributed by atoms with E-state index in [0.29, 0.717) is 11.5 Å². The zero-order chi connectivity index (χ0) is 14.5. The first-order valence-electron chi connectivity index (χ1n) is 6.55. The number of amides is 1. The van der Waals surface area contributed by atoms with Gasteiger partial charge in [-0.2, -0.15) is 0 Å². The van der Waals surface area contributed by atoms with Gasteiger partial charge in [0.15, 0.2) is 0 Å². The van der Waals surface area contributed by atoms with Crippen molar-refractivity contribution < 1.29 is 4.79 Å². The molecule has 2 aromatic rings. The molecule has 0 aromatic carbocycles. The first kappa shape index (κ1) is 14.0. The van der Waals surface area contributed by atoms with Crippen molar-refractivity contribution in [2.75, 3.05) is 17.2 Å². The van der Waals surface area contributed by atoms with E-state index in [1.165, 1.54) is 0 Å². The van der Waals surface area contributed by atoms with E-state index in [1.807, 2.05) is 39.0 Å². The molecule has 2 heterocycles. The van der Waals surface area contributed by atoms with Gasteiger partial charge in [-0.1, -0.05) is 0 Å². The third kappa shape index (κ3) is 3.54. The molecule has 5 heteroatoms. The third-order valence-corrected chi connectivity index (χ3v) is 2.71. The second kappa shape index (κ2) is 6.14. The molecule has 0 radical (unpaired) electrons. The number of rotatable bonds is 4. The molecule has 0 fully saturated rings. The van der Waals surface area contributed by atoms with E-state index in [1.54, 1.807) is 12.3 Å². The second-order valence-electron chi connectivity index (χ2n) is 4.59. The minimum absolute atomic E-state index is 0.262. The first-order chi connectivity index (χ1) is 9.58. The van der Waals surface area contributed by atoms with Gasteiger partial charge in [-0.25, -0.2) is 4.98 Å². The van der Waals surface area contributed by atoms with Gasteiger partial charge in [0.1, 0.15) is 11.5 Å². The van der Waals surface area contributed by atoms with Gasteiger partial charge in [0.25, 0.3) is 5.91 Å². The SMILES string of the molecule is CCNc1ccnc(C(=O)Nc2cc(C)cc(C)n2)c1. The summed E-state index contributed by atoms with van der Waals surface area (Å²) in [5, 5.41) is 5.92. The standard InChI is InChI=1S/C15H18N4O/c1-4-16-12-5-6-17-13(9-12)15(20)19-14-8-10(2)7-11(3)18-14/h5-9H,4H2,1-3H3,(H,16,17)(H,18,19,20). The van der Waals surface area contributed by atoms with E-state index in [-0.39, 0.29) is 5.91 Å². The Bertz CT molecular complexity index is 605. The smallest absolute Gasteiger partial charge is 0.275 e. The largest absolute Gasteiger partial charge is 0.385 e. The molecule has 0 saturated carbocycles. The average molecular weight is 270 g/mol. The van der Waals surface area contributed by atoms with Crippen LogP contribution in [0.2, 0.25) is 0 Å². The molecule has 104 valence electrons. The topological polar surface area (TPSA) is 66.9 Å². The number of nitrogens with one attached hydrogen (secondary N) is 2. The lowest BCUT2D eigenvalue weighted by Crippen LogP contribution is -2.15. The highest BCUT2D eigenvalue weighted by Gasteiger charge is 2.09. The highest BCUT2D eigenvalue weighted by Crippen LogP contribution is 2.12. The van der Waals surface area contributed by atoms with Gasteiger partial charge in [-0.3, -0.25) is 9.78 Å². The van der Waals surface area contributed by atoms with Crippen LogP contribution >= 0.6 is 0 Å². The molecule has 5 nitrogen and oxygen atoms in total. The number of aryl methyl sites for hydroxylation is 2. The lowest BCUT2D eigenvalue weighted by atomic mass is 10.2. The van der Waals surface area contributed by atoms with Crippen molar-refractivity contribution in [3.05, 3.63) is 47.4 Å². The predicted molar refractivity (Wildman–Crippen MR) is 80.1 cm³/mol. The molecular formula is C15H18N4O. The fraction of sp³-hybridized carbons (Fsp3) is 0.267. The Morgan fingerprint density at radius 2 is 2.05 bits per heavy atom. The van der Waals surface area contributed by atoms with Gasteiger partial charge >= 0.3 is 0 Å². The Balaban J connectivity index is 2.17. The number of pyridine rings is 2. The van der Waals surface area contributed by atoms with Crippen molar-refractivity contribution in [3.8, 4) is 0 Å². The number of carbonyl (C=O) groups is 1. The van der Waals surface area contributed by atoms with Crippen molar-refractivity contribution in [1.29, 1.82) is 0 Å². The molecule has 0 unspecified atom stereocenters. The maximum absolute atomic E-state index is 12.2. The Kier molecular flexibility index (Phi) is 4.30. The van der Waals surface area contributed by atoms with Gasteiger partial charge in [0, 0.05) is 24.1 Å². The molecule has 0 spiro atoms. The summed E-state index contributed by atoms with van der Waals surface area (Å²) in [5.41, 5.74) is 3.17. The highest BCUT2D eigenvalue weighted by atomic mass is 16.1. The van der Waals surface area contributed by atoms with Crippen molar-refractivity contribution >= 4 is 17.4 Å². The molecule has 1 amide bonds. The van der Waals surface area contributed by atoms with Crippen LogP contribution in [0.4, 0.5) is 11.5 Å². The molecule has 0 bridgehead atoms. The van der Waals surface area contributed by atoms with E-state index in [9.17, 15) is 4.79 Å². The Labute approximate surface area is 118 Å². The van der Waals surface area contributed by atoms with Crippen LogP contribution in [0.1, 0.15) is 28.7 Å². The number of nitrogens with zero attached hydrogens (tertiary/aromatic N) is 2. The highest BCUT2D eigenvalue weighted by molar-refractivity contribution is 6.02. The minimum atomic E-state index is -0.262. The van der Waals surface area contributed by atoms with Crippen LogP contribution in [0.3, 0.4) is 0 Å². The lowest BCUT2D eigenvalue weighted by Gasteiger charge is -2.08. The van der Waals surface area contributed by atoms with Gasteiger partial charge in [0.2, 0.25) is 0 Å². The van der Waals surface area contributed by atoms with Crippen LogP contribution < -0.4 is 10.6 Å².